The molecule has 4 aromatic rings. The third-order valence-electron chi connectivity index (χ3n) is 8.32. The van der Waals surface area contributed by atoms with Gasteiger partial charge in [0.15, 0.2) is 5.82 Å². The van der Waals surface area contributed by atoms with Gasteiger partial charge in [0.2, 0.25) is 11.9 Å². The highest BCUT2D eigenvalue weighted by Crippen LogP contribution is 2.37. The van der Waals surface area contributed by atoms with Crippen molar-refractivity contribution in [1.29, 1.82) is 0 Å². The van der Waals surface area contributed by atoms with Crippen LogP contribution < -0.4 is 10.6 Å². The van der Waals surface area contributed by atoms with Crippen molar-refractivity contribution in [1.82, 2.24) is 24.8 Å². The molecule has 10 nitrogen and oxygen atoms in total. The Morgan fingerprint density at radius 2 is 1.82 bits per heavy atom. The molecule has 1 fully saturated rings. The van der Waals surface area contributed by atoms with Gasteiger partial charge in [0, 0.05) is 50.1 Å². The Kier molecular flexibility index (Phi) is 9.22. The highest BCUT2D eigenvalue weighted by atomic mass is 19.1. The van der Waals surface area contributed by atoms with E-state index in [-0.39, 0.29) is 24.2 Å². The summed E-state index contributed by atoms with van der Waals surface area (Å²) < 4.78 is 20.6. The first-order valence-electron chi connectivity index (χ1n) is 14.9. The Bertz CT molecular complexity index is 1700. The van der Waals surface area contributed by atoms with Gasteiger partial charge in [-0.05, 0) is 48.4 Å². The van der Waals surface area contributed by atoms with Crippen molar-refractivity contribution in [3.8, 4) is 11.3 Å². The molecule has 6 rings (SSSR count). The van der Waals surface area contributed by atoms with E-state index in [4.69, 9.17) is 4.74 Å². The van der Waals surface area contributed by atoms with E-state index in [0.717, 1.165) is 60.3 Å². The van der Waals surface area contributed by atoms with Crippen LogP contribution in [0.5, 0.6) is 0 Å². The van der Waals surface area contributed by atoms with Crippen molar-refractivity contribution in [2.24, 2.45) is 0 Å². The number of allylic oxidation sites excluding steroid dienone is 1. The minimum atomic E-state index is -0.543. The summed E-state index contributed by atoms with van der Waals surface area (Å²) in [6, 6.07) is 16.5. The van der Waals surface area contributed by atoms with E-state index in [2.05, 4.69) is 42.4 Å². The van der Waals surface area contributed by atoms with Crippen LogP contribution in [-0.2, 0) is 22.6 Å². The Hall–Kier alpha value is -4.55. The maximum Gasteiger partial charge on any atom is 0.244 e. The van der Waals surface area contributed by atoms with E-state index >= 15 is 4.39 Å². The second-order valence-corrected chi connectivity index (χ2v) is 11.2. The Morgan fingerprint density at radius 3 is 2.58 bits per heavy atom. The van der Waals surface area contributed by atoms with Gasteiger partial charge in [-0.3, -0.25) is 14.7 Å². The number of carbonyl (C=O) groups excluding carboxylic acids is 1. The van der Waals surface area contributed by atoms with Crippen LogP contribution in [-0.4, -0.2) is 88.8 Å². The molecule has 2 aromatic heterocycles. The van der Waals surface area contributed by atoms with Gasteiger partial charge in [0.05, 0.1) is 37.0 Å². The number of amides is 1. The van der Waals surface area contributed by atoms with Crippen molar-refractivity contribution in [2.75, 3.05) is 57.6 Å². The van der Waals surface area contributed by atoms with Gasteiger partial charge >= 0.3 is 0 Å². The van der Waals surface area contributed by atoms with E-state index in [0.29, 0.717) is 30.0 Å². The molecule has 1 saturated heterocycles. The van der Waals surface area contributed by atoms with Crippen molar-refractivity contribution in [3.63, 3.8) is 0 Å². The molecule has 1 aliphatic heterocycles. The number of pyridine rings is 1. The number of piperazine rings is 1. The average molecular weight is 610 g/mol. The zero-order valence-corrected chi connectivity index (χ0v) is 25.3. The van der Waals surface area contributed by atoms with Crippen molar-refractivity contribution in [2.45, 2.75) is 19.1 Å². The number of nitrogens with zero attached hydrogens (tertiary/aromatic N) is 5. The number of nitrogens with one attached hydrogen (secondary N) is 2. The van der Waals surface area contributed by atoms with E-state index in [1.54, 1.807) is 13.3 Å². The second-order valence-electron chi connectivity index (χ2n) is 11.2. The van der Waals surface area contributed by atoms with Gasteiger partial charge in [-0.2, -0.15) is 0 Å². The number of aliphatic hydroxyl groups is 1. The molecule has 2 aliphatic rings. The molecule has 232 valence electrons. The lowest BCUT2D eigenvalue weighted by Crippen LogP contribution is -2.54. The third kappa shape index (κ3) is 6.62. The maximum absolute atomic E-state index is 15.2. The molecular weight excluding hydrogens is 573 g/mol. The number of halogens is 1. The highest BCUT2D eigenvalue weighted by Gasteiger charge is 2.30. The second kappa shape index (κ2) is 13.6. The number of benzene rings is 2. The van der Waals surface area contributed by atoms with Gasteiger partial charge in [0.1, 0.15) is 11.7 Å². The summed E-state index contributed by atoms with van der Waals surface area (Å²) in [4.78, 5) is 31.1. The number of methoxy groups -OCH3 is 1. The van der Waals surface area contributed by atoms with E-state index in [1.165, 1.54) is 0 Å². The zero-order chi connectivity index (χ0) is 31.3. The van der Waals surface area contributed by atoms with Crippen LogP contribution in [0, 0.1) is 5.82 Å². The monoisotopic (exact) mass is 609 g/mol. The van der Waals surface area contributed by atoms with Gasteiger partial charge in [-0.15, -0.1) is 0 Å². The minimum Gasteiger partial charge on any atom is -0.392 e. The van der Waals surface area contributed by atoms with Crippen molar-refractivity contribution < 1.29 is 19.0 Å². The molecule has 0 spiro atoms. The molecule has 0 unspecified atom stereocenters. The molecular formula is C34H36FN7O3. The topological polar surface area (TPSA) is 116 Å². The number of hydrogen-bond donors (Lipinski definition) is 3. The number of likely N-dealkylation sites (N-methyl/N-ethyl adjacent to an activating group) is 1. The normalized spacial score (nSPS) is 15.8. The molecule has 11 heteroatoms. The van der Waals surface area contributed by atoms with Crippen LogP contribution >= 0.6 is 0 Å². The average Bonchev–Trinajstić information content (AvgIpc) is 3.50. The van der Waals surface area contributed by atoms with Crippen LogP contribution in [0.25, 0.3) is 16.8 Å². The van der Waals surface area contributed by atoms with Crippen molar-refractivity contribution in [3.05, 3.63) is 101 Å². The maximum atomic E-state index is 15.2. The predicted molar refractivity (Wildman–Crippen MR) is 171 cm³/mol. The number of aromatic nitrogens is 3. The van der Waals surface area contributed by atoms with Gasteiger partial charge < -0.3 is 25.4 Å². The number of anilines is 3. The molecule has 0 bridgehead atoms. The lowest BCUT2D eigenvalue weighted by Gasteiger charge is -2.36. The number of hydrogen-bond acceptors (Lipinski definition) is 9. The number of aliphatic hydroxyl groups excluding tert-OH is 1. The lowest BCUT2D eigenvalue weighted by molar-refractivity contribution is -0.124. The van der Waals surface area contributed by atoms with Crippen LogP contribution in [0.2, 0.25) is 0 Å². The van der Waals surface area contributed by atoms with Gasteiger partial charge in [0.25, 0.3) is 0 Å². The van der Waals surface area contributed by atoms with Crippen LogP contribution in [0.1, 0.15) is 22.4 Å². The molecule has 3 N–H and O–H groups in total. The quantitative estimate of drug-likeness (QED) is 0.244. The van der Waals surface area contributed by atoms with Crippen LogP contribution in [0.4, 0.5) is 21.7 Å². The first-order valence-corrected chi connectivity index (χ1v) is 14.9. The Morgan fingerprint density at radius 1 is 1.02 bits per heavy atom. The van der Waals surface area contributed by atoms with E-state index < -0.39 is 11.9 Å². The smallest absolute Gasteiger partial charge is 0.244 e. The fourth-order valence-corrected chi connectivity index (χ4v) is 5.85. The Labute approximate surface area is 261 Å². The summed E-state index contributed by atoms with van der Waals surface area (Å²) in [5, 5.41) is 15.9. The summed E-state index contributed by atoms with van der Waals surface area (Å²) in [5.74, 6) is -0.439. The largest absolute Gasteiger partial charge is 0.392 e. The molecule has 0 saturated carbocycles. The molecule has 1 atom stereocenters. The van der Waals surface area contributed by atoms with Crippen LogP contribution in [0.15, 0.2) is 73.1 Å². The zero-order valence-electron chi connectivity index (χ0n) is 25.3. The minimum absolute atomic E-state index is 0.0815. The lowest BCUT2D eigenvalue weighted by atomic mass is 10.0. The number of carbonyl (C=O) groups is 1. The number of fused-ring (bicyclic) bond motifs is 1. The number of rotatable bonds is 10. The fraction of sp³-hybridized carbons (Fsp3) is 0.294. The van der Waals surface area contributed by atoms with Crippen molar-refractivity contribution >= 4 is 28.8 Å². The molecule has 3 heterocycles. The SMILES string of the molecule is COC[C@H](C(=O)Nc1cccc2c1CC=C2c1nc(Nc2ccc(-c3ccccc3CO)nc2)ncc1F)N1CCN(C)CC1. The highest BCUT2D eigenvalue weighted by molar-refractivity contribution is 5.97. The first kappa shape index (κ1) is 30.5. The molecule has 0 radical (unpaired) electrons. The summed E-state index contributed by atoms with van der Waals surface area (Å²) in [6.07, 6.45) is 5.25. The fourth-order valence-electron chi connectivity index (χ4n) is 5.85. The molecule has 1 aliphatic carbocycles. The van der Waals surface area contributed by atoms with E-state index in [9.17, 15) is 9.90 Å². The Balaban J connectivity index is 1.19. The summed E-state index contributed by atoms with van der Waals surface area (Å²) in [6.45, 7) is 3.58. The van der Waals surface area contributed by atoms with Gasteiger partial charge in [-0.25, -0.2) is 14.4 Å². The predicted octanol–water partition coefficient (Wildman–Crippen LogP) is 4.10. The standard InChI is InChI=1S/C34H36FN7O3/c1-41-14-16-42(17-15-41)31(21-45-2)33(44)39-30-9-5-8-25-26(30)11-12-27(25)32-28(35)19-37-34(40-32)38-23-10-13-29(36-18-23)24-7-4-3-6-22(24)20-43/h3-10,12-13,18-19,31,43H,11,14-17,20-21H2,1-2H3,(H,39,44)(H,37,38,40)/t31-/m1/s1. The first-order chi connectivity index (χ1) is 21.9. The summed E-state index contributed by atoms with van der Waals surface area (Å²) in [5.41, 5.74) is 6.22. The van der Waals surface area contributed by atoms with Crippen LogP contribution in [0.3, 0.4) is 0 Å². The molecule has 2 aromatic carbocycles. The molecule has 45 heavy (non-hydrogen) atoms. The summed E-state index contributed by atoms with van der Waals surface area (Å²) >= 11 is 0. The number of ether oxygens (including phenoxy) is 1. The van der Waals surface area contributed by atoms with E-state index in [1.807, 2.05) is 60.7 Å². The summed E-state index contributed by atoms with van der Waals surface area (Å²) in [7, 11) is 3.69. The third-order valence-corrected chi connectivity index (χ3v) is 8.32. The molecule has 1 amide bonds. The van der Waals surface area contributed by atoms with Gasteiger partial charge in [-0.1, -0.05) is 42.5 Å².